The smallest absolute Gasteiger partial charge is 0.326 e. The number of nitrogens with zero attached hydrogens (tertiary/aromatic N) is 1. The van der Waals surface area contributed by atoms with Crippen LogP contribution in [0.1, 0.15) is 38.0 Å². The molecule has 1 aliphatic carbocycles. The summed E-state index contributed by atoms with van der Waals surface area (Å²) in [5.74, 6) is -4.12. The SMILES string of the molecule is CCOC(=O)C(C(=O)C1CCC(C(=O)O)C1)c1nc2c(OC)cccc2o1. The van der Waals surface area contributed by atoms with E-state index in [0.29, 0.717) is 29.7 Å². The molecule has 0 aliphatic heterocycles. The largest absolute Gasteiger partial charge is 0.494 e. The number of ether oxygens (including phenoxy) is 2. The van der Waals surface area contributed by atoms with Crippen LogP contribution in [0.4, 0.5) is 0 Å². The molecule has 2 aromatic rings. The van der Waals surface area contributed by atoms with Crippen LogP contribution >= 0.6 is 0 Å². The number of hydrogen-bond donors (Lipinski definition) is 1. The monoisotopic (exact) mass is 375 g/mol. The van der Waals surface area contributed by atoms with Crippen LogP contribution in [0.2, 0.25) is 0 Å². The van der Waals surface area contributed by atoms with Crippen molar-refractivity contribution in [1.29, 1.82) is 0 Å². The van der Waals surface area contributed by atoms with Gasteiger partial charge in [0.15, 0.2) is 22.8 Å². The van der Waals surface area contributed by atoms with Crippen LogP contribution in [0.15, 0.2) is 22.6 Å². The number of oxazole rings is 1. The first-order valence-electron chi connectivity index (χ1n) is 8.82. The van der Waals surface area contributed by atoms with Crippen molar-refractivity contribution in [3.8, 4) is 5.75 Å². The summed E-state index contributed by atoms with van der Waals surface area (Å²) in [5, 5.41) is 9.17. The molecule has 8 heteroatoms. The van der Waals surface area contributed by atoms with E-state index in [-0.39, 0.29) is 18.9 Å². The zero-order valence-corrected chi connectivity index (χ0v) is 15.1. The van der Waals surface area contributed by atoms with Crippen molar-refractivity contribution in [3.05, 3.63) is 24.1 Å². The summed E-state index contributed by atoms with van der Waals surface area (Å²) in [5.41, 5.74) is 0.799. The van der Waals surface area contributed by atoms with Crippen LogP contribution in [-0.4, -0.2) is 41.5 Å². The molecule has 1 aliphatic rings. The first kappa shape index (κ1) is 18.9. The standard InChI is InChI=1S/C19H21NO7/c1-3-26-19(24)14(16(21)10-7-8-11(9-10)18(22)23)17-20-15-12(25-2)5-4-6-13(15)27-17/h4-6,10-11,14H,3,7-9H2,1-2H3,(H,22,23). The minimum atomic E-state index is -1.32. The van der Waals surface area contributed by atoms with E-state index >= 15 is 0 Å². The molecule has 1 saturated carbocycles. The molecule has 0 saturated heterocycles. The van der Waals surface area contributed by atoms with Crippen molar-refractivity contribution >= 4 is 28.8 Å². The highest BCUT2D eigenvalue weighted by molar-refractivity contribution is 6.05. The fourth-order valence-corrected chi connectivity index (χ4v) is 3.49. The van der Waals surface area contributed by atoms with Gasteiger partial charge >= 0.3 is 11.9 Å². The van der Waals surface area contributed by atoms with E-state index in [1.165, 1.54) is 7.11 Å². The van der Waals surface area contributed by atoms with Gasteiger partial charge in [-0.25, -0.2) is 4.98 Å². The van der Waals surface area contributed by atoms with E-state index in [9.17, 15) is 14.4 Å². The summed E-state index contributed by atoms with van der Waals surface area (Å²) < 4.78 is 16.0. The van der Waals surface area contributed by atoms with Gasteiger partial charge in [-0.05, 0) is 38.3 Å². The molecule has 0 spiro atoms. The number of carbonyl (C=O) groups excluding carboxylic acids is 2. The first-order chi connectivity index (χ1) is 13.0. The van der Waals surface area contributed by atoms with Crippen molar-refractivity contribution in [2.45, 2.75) is 32.1 Å². The van der Waals surface area contributed by atoms with Crippen molar-refractivity contribution < 1.29 is 33.4 Å². The van der Waals surface area contributed by atoms with Crippen LogP contribution in [0.5, 0.6) is 5.75 Å². The fourth-order valence-electron chi connectivity index (χ4n) is 3.49. The molecular weight excluding hydrogens is 354 g/mol. The molecular formula is C19H21NO7. The van der Waals surface area contributed by atoms with Crippen LogP contribution in [0, 0.1) is 11.8 Å². The summed E-state index contributed by atoms with van der Waals surface area (Å²) in [6.45, 7) is 1.75. The molecule has 3 unspecified atom stereocenters. The molecule has 0 amide bonds. The summed E-state index contributed by atoms with van der Waals surface area (Å²) >= 11 is 0. The number of fused-ring (bicyclic) bond motifs is 1. The summed E-state index contributed by atoms with van der Waals surface area (Å²) in [7, 11) is 1.49. The van der Waals surface area contributed by atoms with Gasteiger partial charge in [0.2, 0.25) is 5.89 Å². The van der Waals surface area contributed by atoms with Gasteiger partial charge in [-0.3, -0.25) is 14.4 Å². The predicted octanol–water partition coefficient (Wildman–Crippen LogP) is 2.55. The number of aromatic nitrogens is 1. The molecule has 1 aromatic heterocycles. The highest BCUT2D eigenvalue weighted by Crippen LogP contribution is 2.37. The van der Waals surface area contributed by atoms with Gasteiger partial charge in [0.25, 0.3) is 0 Å². The highest BCUT2D eigenvalue weighted by Gasteiger charge is 2.42. The van der Waals surface area contributed by atoms with Crippen LogP contribution in [0.3, 0.4) is 0 Å². The van der Waals surface area contributed by atoms with Gasteiger partial charge in [-0.1, -0.05) is 6.07 Å². The normalized spacial score (nSPS) is 20.4. The van der Waals surface area contributed by atoms with Gasteiger partial charge in [-0.2, -0.15) is 0 Å². The molecule has 8 nitrogen and oxygen atoms in total. The maximum atomic E-state index is 13.0. The van der Waals surface area contributed by atoms with Crippen LogP contribution < -0.4 is 4.74 Å². The van der Waals surface area contributed by atoms with Gasteiger partial charge in [0.05, 0.1) is 19.6 Å². The molecule has 1 fully saturated rings. The Morgan fingerprint density at radius 1 is 1.30 bits per heavy atom. The number of ketones is 1. The lowest BCUT2D eigenvalue weighted by Gasteiger charge is -2.15. The number of methoxy groups -OCH3 is 1. The Kier molecular flexibility index (Phi) is 5.43. The number of carboxylic acids is 1. The number of benzene rings is 1. The Morgan fingerprint density at radius 2 is 2.04 bits per heavy atom. The third kappa shape index (κ3) is 3.65. The molecule has 0 radical (unpaired) electrons. The van der Waals surface area contributed by atoms with Gasteiger partial charge in [-0.15, -0.1) is 0 Å². The second-order valence-electron chi connectivity index (χ2n) is 6.49. The Hall–Kier alpha value is -2.90. The average Bonchev–Trinajstić information content (AvgIpc) is 3.28. The number of carboxylic acid groups (broad SMARTS) is 1. The van der Waals surface area contributed by atoms with Gasteiger partial charge in [0, 0.05) is 5.92 Å². The zero-order chi connectivity index (χ0) is 19.6. The molecule has 27 heavy (non-hydrogen) atoms. The van der Waals surface area contributed by atoms with Crippen LogP contribution in [-0.2, 0) is 19.1 Å². The molecule has 0 bridgehead atoms. The number of esters is 1. The number of rotatable bonds is 7. The lowest BCUT2D eigenvalue weighted by Crippen LogP contribution is -2.29. The van der Waals surface area contributed by atoms with Crippen molar-refractivity contribution in [1.82, 2.24) is 4.98 Å². The Balaban J connectivity index is 1.96. The minimum absolute atomic E-state index is 0.0586. The molecule has 3 rings (SSSR count). The Labute approximate surface area is 155 Å². The Bertz CT molecular complexity index is 872. The maximum Gasteiger partial charge on any atom is 0.326 e. The van der Waals surface area contributed by atoms with E-state index in [4.69, 9.17) is 19.0 Å². The predicted molar refractivity (Wildman–Crippen MR) is 93.4 cm³/mol. The summed E-state index contributed by atoms with van der Waals surface area (Å²) in [4.78, 5) is 41.0. The maximum absolute atomic E-state index is 13.0. The molecule has 1 heterocycles. The Morgan fingerprint density at radius 3 is 2.67 bits per heavy atom. The fraction of sp³-hybridized carbons (Fsp3) is 0.474. The second-order valence-corrected chi connectivity index (χ2v) is 6.49. The minimum Gasteiger partial charge on any atom is -0.494 e. The van der Waals surface area contributed by atoms with Crippen molar-refractivity contribution in [3.63, 3.8) is 0 Å². The second kappa shape index (κ2) is 7.77. The molecule has 1 N–H and O–H groups in total. The van der Waals surface area contributed by atoms with E-state index in [0.717, 1.165) is 0 Å². The summed E-state index contributed by atoms with van der Waals surface area (Å²) in [6.07, 6.45) is 1.02. The van der Waals surface area contributed by atoms with Crippen LogP contribution in [0.25, 0.3) is 11.1 Å². The third-order valence-corrected chi connectivity index (χ3v) is 4.86. The highest BCUT2D eigenvalue weighted by atomic mass is 16.5. The number of hydrogen-bond acceptors (Lipinski definition) is 7. The quantitative estimate of drug-likeness (QED) is 0.580. The lowest BCUT2D eigenvalue weighted by molar-refractivity contribution is -0.149. The van der Waals surface area contributed by atoms with E-state index in [1.807, 2.05) is 0 Å². The van der Waals surface area contributed by atoms with E-state index in [2.05, 4.69) is 4.98 Å². The van der Waals surface area contributed by atoms with Crippen molar-refractivity contribution in [2.24, 2.45) is 11.8 Å². The third-order valence-electron chi connectivity index (χ3n) is 4.86. The van der Waals surface area contributed by atoms with E-state index < -0.39 is 35.5 Å². The van der Waals surface area contributed by atoms with E-state index in [1.54, 1.807) is 25.1 Å². The number of para-hydroxylation sites is 1. The number of aliphatic carboxylic acids is 1. The van der Waals surface area contributed by atoms with Gasteiger partial charge in [0.1, 0.15) is 5.75 Å². The zero-order valence-electron chi connectivity index (χ0n) is 15.1. The first-order valence-corrected chi connectivity index (χ1v) is 8.82. The topological polar surface area (TPSA) is 116 Å². The van der Waals surface area contributed by atoms with Gasteiger partial charge < -0.3 is 19.0 Å². The summed E-state index contributed by atoms with van der Waals surface area (Å²) in [6, 6.07) is 5.08. The molecule has 1 aromatic carbocycles. The van der Waals surface area contributed by atoms with Crippen molar-refractivity contribution in [2.75, 3.05) is 13.7 Å². The molecule has 144 valence electrons. The molecule has 3 atom stereocenters. The number of carbonyl (C=O) groups is 3. The average molecular weight is 375 g/mol. The lowest BCUT2D eigenvalue weighted by atomic mass is 9.90. The number of Topliss-reactive ketones (excluding diaryl/α,β-unsaturated/α-hetero) is 1.